The van der Waals surface area contributed by atoms with Gasteiger partial charge in [0.15, 0.2) is 0 Å². The number of pyridine rings is 1. The Hall–Kier alpha value is -3.66. The largest absolute Gasteiger partial charge is 0.350 e. The van der Waals surface area contributed by atoms with Crippen molar-refractivity contribution < 1.29 is 4.79 Å². The van der Waals surface area contributed by atoms with E-state index in [2.05, 4.69) is 53.8 Å². The van der Waals surface area contributed by atoms with E-state index in [-0.39, 0.29) is 11.3 Å². The van der Waals surface area contributed by atoms with E-state index in [1.807, 2.05) is 67.0 Å². The number of benzene rings is 2. The van der Waals surface area contributed by atoms with Gasteiger partial charge in [-0.25, -0.2) is 0 Å². The van der Waals surface area contributed by atoms with Crippen molar-refractivity contribution in [1.82, 2.24) is 9.55 Å². The van der Waals surface area contributed by atoms with Gasteiger partial charge in [-0.15, -0.1) is 0 Å². The monoisotopic (exact) mass is 409 g/mol. The zero-order valence-corrected chi connectivity index (χ0v) is 18.2. The van der Waals surface area contributed by atoms with E-state index in [1.54, 1.807) is 6.20 Å². The summed E-state index contributed by atoms with van der Waals surface area (Å²) in [7, 11) is 0. The number of hydrogen-bond donors (Lipinski definition) is 1. The molecule has 0 aliphatic rings. The number of aromatic nitrogens is 2. The van der Waals surface area contributed by atoms with E-state index in [0.29, 0.717) is 5.56 Å². The lowest BCUT2D eigenvalue weighted by Crippen LogP contribution is -2.13. The molecule has 2 heterocycles. The van der Waals surface area contributed by atoms with Crippen LogP contribution in [0.4, 0.5) is 5.69 Å². The molecule has 1 amide bonds. The van der Waals surface area contributed by atoms with Gasteiger partial charge >= 0.3 is 0 Å². The molecule has 0 atom stereocenters. The summed E-state index contributed by atoms with van der Waals surface area (Å²) in [6, 6.07) is 23.7. The number of amides is 1. The summed E-state index contributed by atoms with van der Waals surface area (Å²) in [5.74, 6) is -0.122. The molecule has 2 aromatic heterocycles. The Morgan fingerprint density at radius 3 is 2.23 bits per heavy atom. The molecule has 4 aromatic rings. The molecule has 0 aliphatic heterocycles. The van der Waals surface area contributed by atoms with E-state index >= 15 is 0 Å². The van der Waals surface area contributed by atoms with Gasteiger partial charge in [-0.1, -0.05) is 51.1 Å². The zero-order valence-electron chi connectivity index (χ0n) is 18.2. The van der Waals surface area contributed by atoms with Gasteiger partial charge in [0.1, 0.15) is 0 Å². The molecule has 4 nitrogen and oxygen atoms in total. The molecule has 156 valence electrons. The number of hydrogen-bond acceptors (Lipinski definition) is 2. The summed E-state index contributed by atoms with van der Waals surface area (Å²) in [4.78, 5) is 17.3. The summed E-state index contributed by atoms with van der Waals surface area (Å²) >= 11 is 0. The third-order valence-corrected chi connectivity index (χ3v) is 5.34. The molecule has 4 heteroatoms. The lowest BCUT2D eigenvalue weighted by molar-refractivity contribution is 0.102. The number of nitrogens with zero attached hydrogens (tertiary/aromatic N) is 2. The van der Waals surface area contributed by atoms with Crippen LogP contribution < -0.4 is 5.32 Å². The van der Waals surface area contributed by atoms with Crippen LogP contribution in [0.1, 0.15) is 42.3 Å². The Morgan fingerprint density at radius 1 is 0.903 bits per heavy atom. The Labute approximate surface area is 183 Å². The summed E-state index contributed by atoms with van der Waals surface area (Å²) < 4.78 is 2.12. The van der Waals surface area contributed by atoms with Gasteiger partial charge in [0, 0.05) is 41.9 Å². The predicted molar refractivity (Wildman–Crippen MR) is 126 cm³/mol. The third kappa shape index (κ3) is 4.92. The number of rotatable bonds is 5. The van der Waals surface area contributed by atoms with E-state index in [4.69, 9.17) is 0 Å². The fraction of sp³-hybridized carbons (Fsp3) is 0.185. The number of carbonyl (C=O) groups excluding carboxylic acids is 1. The van der Waals surface area contributed by atoms with E-state index in [0.717, 1.165) is 29.1 Å². The third-order valence-electron chi connectivity index (χ3n) is 5.34. The first-order valence-electron chi connectivity index (χ1n) is 10.5. The Balaban J connectivity index is 1.49. The molecule has 2 aromatic carbocycles. The van der Waals surface area contributed by atoms with Crippen LogP contribution in [-0.2, 0) is 12.0 Å². The summed E-state index contributed by atoms with van der Waals surface area (Å²) in [6.07, 6.45) is 5.88. The minimum atomic E-state index is -0.122. The van der Waals surface area contributed by atoms with Gasteiger partial charge in [0.05, 0.1) is 5.69 Å². The van der Waals surface area contributed by atoms with Gasteiger partial charge in [0.25, 0.3) is 5.91 Å². The average molecular weight is 410 g/mol. The highest BCUT2D eigenvalue weighted by Crippen LogP contribution is 2.25. The van der Waals surface area contributed by atoms with Crippen molar-refractivity contribution >= 4 is 11.6 Å². The number of nitrogens with one attached hydrogen (secondary N) is 1. The molecule has 0 radical (unpaired) electrons. The zero-order chi connectivity index (χ0) is 21.8. The Bertz CT molecular complexity index is 1150. The van der Waals surface area contributed by atoms with Crippen LogP contribution in [0.5, 0.6) is 0 Å². The van der Waals surface area contributed by atoms with Crippen molar-refractivity contribution in [3.63, 3.8) is 0 Å². The standard InChI is InChI=1S/C27H27N3O/c1-27(2,3)23-12-14-24(15-13-23)29-26(31)21-10-8-20(9-11-21)25-22(7-6-16-28-25)19-30-17-4-5-18-30/h4-18H,19H2,1-3H3,(H,29,31). The second-order valence-corrected chi connectivity index (χ2v) is 8.73. The molecule has 4 rings (SSSR count). The smallest absolute Gasteiger partial charge is 0.255 e. The minimum Gasteiger partial charge on any atom is -0.350 e. The average Bonchev–Trinajstić information content (AvgIpc) is 3.27. The van der Waals surface area contributed by atoms with Crippen molar-refractivity contribution in [3.05, 3.63) is 108 Å². The first-order chi connectivity index (χ1) is 14.9. The van der Waals surface area contributed by atoms with Crippen molar-refractivity contribution in [2.75, 3.05) is 5.32 Å². The first-order valence-corrected chi connectivity index (χ1v) is 10.5. The SMILES string of the molecule is CC(C)(C)c1ccc(NC(=O)c2ccc(-c3ncccc3Cn3cccc3)cc2)cc1. The highest BCUT2D eigenvalue weighted by atomic mass is 16.1. The van der Waals surface area contributed by atoms with Crippen molar-refractivity contribution in [2.24, 2.45) is 0 Å². The van der Waals surface area contributed by atoms with Crippen LogP contribution in [0.25, 0.3) is 11.3 Å². The topological polar surface area (TPSA) is 46.9 Å². The second kappa shape index (κ2) is 8.60. The van der Waals surface area contributed by atoms with Crippen LogP contribution in [0.3, 0.4) is 0 Å². The quantitative estimate of drug-likeness (QED) is 0.430. The van der Waals surface area contributed by atoms with Gasteiger partial charge in [-0.05, 0) is 59.0 Å². The Kier molecular flexibility index (Phi) is 5.72. The fourth-order valence-corrected chi connectivity index (χ4v) is 3.53. The highest BCUT2D eigenvalue weighted by Gasteiger charge is 2.14. The van der Waals surface area contributed by atoms with Gasteiger partial charge in [-0.3, -0.25) is 9.78 Å². The summed E-state index contributed by atoms with van der Waals surface area (Å²) in [5.41, 5.74) is 5.79. The van der Waals surface area contributed by atoms with E-state index in [9.17, 15) is 4.79 Å². The Morgan fingerprint density at radius 2 is 1.58 bits per heavy atom. The van der Waals surface area contributed by atoms with E-state index < -0.39 is 0 Å². The van der Waals surface area contributed by atoms with Gasteiger partial charge in [0.2, 0.25) is 0 Å². The van der Waals surface area contributed by atoms with Gasteiger partial charge in [-0.2, -0.15) is 0 Å². The van der Waals surface area contributed by atoms with Crippen LogP contribution in [0.15, 0.2) is 91.4 Å². The van der Waals surface area contributed by atoms with Crippen molar-refractivity contribution in [3.8, 4) is 11.3 Å². The molecule has 0 spiro atoms. The minimum absolute atomic E-state index is 0.0873. The maximum atomic E-state index is 12.7. The molecule has 1 N–H and O–H groups in total. The van der Waals surface area contributed by atoms with Crippen molar-refractivity contribution in [2.45, 2.75) is 32.7 Å². The predicted octanol–water partition coefficient (Wildman–Crippen LogP) is 6.15. The lowest BCUT2D eigenvalue weighted by atomic mass is 9.87. The molecule has 0 fully saturated rings. The highest BCUT2D eigenvalue weighted by molar-refractivity contribution is 6.04. The molecule has 0 bridgehead atoms. The lowest BCUT2D eigenvalue weighted by Gasteiger charge is -2.19. The first kappa shape index (κ1) is 20.6. The molecule has 0 saturated heterocycles. The van der Waals surface area contributed by atoms with Crippen LogP contribution in [0.2, 0.25) is 0 Å². The van der Waals surface area contributed by atoms with Crippen LogP contribution in [-0.4, -0.2) is 15.5 Å². The number of carbonyl (C=O) groups is 1. The van der Waals surface area contributed by atoms with Crippen LogP contribution >= 0.6 is 0 Å². The van der Waals surface area contributed by atoms with Gasteiger partial charge < -0.3 is 9.88 Å². The molecule has 0 unspecified atom stereocenters. The molecule has 31 heavy (non-hydrogen) atoms. The molecule has 0 saturated carbocycles. The maximum Gasteiger partial charge on any atom is 0.255 e. The molecular formula is C27H27N3O. The normalized spacial score (nSPS) is 11.3. The summed E-state index contributed by atoms with van der Waals surface area (Å²) in [6.45, 7) is 7.28. The number of anilines is 1. The molecular weight excluding hydrogens is 382 g/mol. The second-order valence-electron chi connectivity index (χ2n) is 8.73. The fourth-order valence-electron chi connectivity index (χ4n) is 3.53. The molecule has 0 aliphatic carbocycles. The maximum absolute atomic E-state index is 12.7. The van der Waals surface area contributed by atoms with Crippen LogP contribution in [0, 0.1) is 0 Å². The van der Waals surface area contributed by atoms with Crippen molar-refractivity contribution in [1.29, 1.82) is 0 Å². The van der Waals surface area contributed by atoms with E-state index in [1.165, 1.54) is 5.56 Å². The summed E-state index contributed by atoms with van der Waals surface area (Å²) in [5, 5.41) is 2.98.